The van der Waals surface area contributed by atoms with Gasteiger partial charge in [-0.1, -0.05) is 0 Å². The van der Waals surface area contributed by atoms with Gasteiger partial charge in [-0.15, -0.1) is 7.05 Å². The van der Waals surface area contributed by atoms with E-state index in [2.05, 4.69) is 5.32 Å². The third-order valence-electron chi connectivity index (χ3n) is 0.149. The van der Waals surface area contributed by atoms with Crippen LogP contribution in [-0.2, 0) is 19.5 Å². The Morgan fingerprint density at radius 1 is 1.67 bits per heavy atom. The van der Waals surface area contributed by atoms with E-state index < -0.39 is 0 Å². The molecule has 0 spiro atoms. The summed E-state index contributed by atoms with van der Waals surface area (Å²) in [4.78, 5) is 0. The zero-order valence-corrected chi connectivity index (χ0v) is 5.69. The molecule has 0 bridgehead atoms. The van der Waals surface area contributed by atoms with Crippen LogP contribution in [-0.4, -0.2) is 7.05 Å². The Morgan fingerprint density at radius 2 is 1.83 bits per heavy atom. The van der Waals surface area contributed by atoms with Crippen molar-refractivity contribution in [2.24, 2.45) is 0 Å². The first-order valence-electron chi connectivity index (χ1n) is 1.04. The van der Waals surface area contributed by atoms with E-state index in [1.54, 1.807) is 7.05 Å². The van der Waals surface area contributed by atoms with Crippen LogP contribution in [0.25, 0.3) is 5.32 Å². The molecule has 0 aromatic rings. The smallest absolute Gasteiger partial charge is 0.723 e. The Bertz CT molecular complexity index is 21.5. The van der Waals surface area contributed by atoms with E-state index in [-0.39, 0.29) is 26.9 Å². The SMILES string of the molecule is [CH-]=C[N-]C.[CH3-].[Ru+3]. The molecule has 0 saturated heterocycles. The fourth-order valence-electron chi connectivity index (χ4n) is 0. The van der Waals surface area contributed by atoms with Gasteiger partial charge in [-0.25, -0.2) is 0 Å². The maximum atomic E-state index is 4.74. The Labute approximate surface area is 52.6 Å². The summed E-state index contributed by atoms with van der Waals surface area (Å²) in [7, 11) is 1.62. The maximum Gasteiger partial charge on any atom is 3.00 e. The standard InChI is InChI=1S/C3H5N.CH3.Ru/c1-3-4-2;;/h1,3H,2H3;1H3;/q-2;-1;+3. The molecule has 0 fully saturated rings. The van der Waals surface area contributed by atoms with Gasteiger partial charge in [0.2, 0.25) is 0 Å². The van der Waals surface area contributed by atoms with Crippen molar-refractivity contribution in [2.45, 2.75) is 0 Å². The zero-order valence-electron chi connectivity index (χ0n) is 3.96. The van der Waals surface area contributed by atoms with Crippen LogP contribution in [0.2, 0.25) is 0 Å². The molecule has 0 amide bonds. The molecule has 0 N–H and O–H groups in total. The van der Waals surface area contributed by atoms with Gasteiger partial charge < -0.3 is 25.5 Å². The van der Waals surface area contributed by atoms with Crippen LogP contribution in [0.15, 0.2) is 6.20 Å². The molecule has 0 aliphatic carbocycles. The summed E-state index contributed by atoms with van der Waals surface area (Å²) in [5.74, 6) is 0. The largest absolute Gasteiger partial charge is 3.00 e. The molecule has 2 heteroatoms. The van der Waals surface area contributed by atoms with Crippen molar-refractivity contribution in [3.63, 3.8) is 0 Å². The van der Waals surface area contributed by atoms with Gasteiger partial charge in [0.25, 0.3) is 0 Å². The summed E-state index contributed by atoms with van der Waals surface area (Å²) in [6.45, 7) is 4.74. The molecule has 0 rings (SSSR count). The minimum absolute atomic E-state index is 0. The fourth-order valence-corrected chi connectivity index (χ4v) is 0. The molecule has 0 aromatic carbocycles. The van der Waals surface area contributed by atoms with Gasteiger partial charge in [-0.2, -0.15) is 0 Å². The van der Waals surface area contributed by atoms with Gasteiger partial charge in [0.1, 0.15) is 0 Å². The molecule has 0 aliphatic rings. The molecular weight excluding hydrogens is 163 g/mol. The number of hydrogen-bond donors (Lipinski definition) is 0. The summed E-state index contributed by atoms with van der Waals surface area (Å²) in [6, 6.07) is 0. The second-order valence-corrected chi connectivity index (χ2v) is 0.407. The monoisotopic (exact) mass is 172 g/mol. The van der Waals surface area contributed by atoms with Gasteiger partial charge >= 0.3 is 19.5 Å². The molecule has 1 nitrogen and oxygen atoms in total. The molecule has 0 atom stereocenters. The Hall–Kier alpha value is 0.163. The van der Waals surface area contributed by atoms with E-state index in [4.69, 9.17) is 6.58 Å². The van der Waals surface area contributed by atoms with E-state index in [0.29, 0.717) is 0 Å². The first kappa shape index (κ1) is 16.4. The molecule has 0 heterocycles. The predicted molar refractivity (Wildman–Crippen MR) is 24.6 cm³/mol. The first-order valence-corrected chi connectivity index (χ1v) is 1.04. The van der Waals surface area contributed by atoms with Crippen molar-refractivity contribution in [1.82, 2.24) is 0 Å². The Balaban J connectivity index is -0.0000000450. The van der Waals surface area contributed by atoms with Gasteiger partial charge in [0, 0.05) is 0 Å². The van der Waals surface area contributed by atoms with Gasteiger partial charge in [0.15, 0.2) is 0 Å². The minimum Gasteiger partial charge on any atom is -0.723 e. The molecule has 6 heavy (non-hydrogen) atoms. The number of rotatable bonds is 1. The van der Waals surface area contributed by atoms with Crippen molar-refractivity contribution >= 4 is 0 Å². The number of hydrogen-bond acceptors (Lipinski definition) is 0. The van der Waals surface area contributed by atoms with E-state index in [1.807, 2.05) is 0 Å². The summed E-state index contributed by atoms with van der Waals surface area (Å²) < 4.78 is 0. The summed E-state index contributed by atoms with van der Waals surface area (Å²) in [6.07, 6.45) is 1.25. The van der Waals surface area contributed by atoms with Crippen molar-refractivity contribution in [3.8, 4) is 0 Å². The van der Waals surface area contributed by atoms with Gasteiger partial charge in [0.05, 0.1) is 0 Å². The third-order valence-corrected chi connectivity index (χ3v) is 0.149. The fraction of sp³-hybridized carbons (Fsp3) is 0.250. The van der Waals surface area contributed by atoms with E-state index in [1.165, 1.54) is 6.20 Å². The van der Waals surface area contributed by atoms with Gasteiger partial charge in [-0.3, -0.25) is 0 Å². The van der Waals surface area contributed by atoms with Crippen LogP contribution in [0.4, 0.5) is 0 Å². The normalized spacial score (nSPS) is 3.50. The van der Waals surface area contributed by atoms with Crippen LogP contribution in [0, 0.1) is 14.0 Å². The maximum absolute atomic E-state index is 4.74. The Morgan fingerprint density at radius 3 is 1.83 bits per heavy atom. The van der Waals surface area contributed by atoms with E-state index in [0.717, 1.165) is 0 Å². The zero-order chi connectivity index (χ0) is 3.41. The summed E-state index contributed by atoms with van der Waals surface area (Å²) in [5.41, 5.74) is 0. The first-order chi connectivity index (χ1) is 1.91. The topological polar surface area (TPSA) is 14.1 Å². The minimum atomic E-state index is 0. The van der Waals surface area contributed by atoms with Crippen molar-refractivity contribution in [1.29, 1.82) is 0 Å². The molecule has 1 radical (unpaired) electrons. The average molecular weight is 171 g/mol. The van der Waals surface area contributed by atoms with Crippen LogP contribution in [0.5, 0.6) is 0 Å². The molecule has 37 valence electrons. The van der Waals surface area contributed by atoms with Crippen molar-refractivity contribution in [3.05, 3.63) is 25.5 Å². The van der Waals surface area contributed by atoms with Gasteiger partial charge in [-0.05, 0) is 0 Å². The summed E-state index contributed by atoms with van der Waals surface area (Å²) in [5, 5.41) is 3.39. The van der Waals surface area contributed by atoms with Crippen LogP contribution in [0.1, 0.15) is 0 Å². The molecular formula is C4H8NRu. The average Bonchev–Trinajstić information content (AvgIpc) is 1.37. The molecule has 0 saturated carbocycles. The van der Waals surface area contributed by atoms with Crippen molar-refractivity contribution < 1.29 is 19.5 Å². The third kappa shape index (κ3) is 30.8. The van der Waals surface area contributed by atoms with Crippen LogP contribution >= 0.6 is 0 Å². The second-order valence-electron chi connectivity index (χ2n) is 0.407. The van der Waals surface area contributed by atoms with Crippen LogP contribution in [0.3, 0.4) is 0 Å². The second kappa shape index (κ2) is 19.1. The summed E-state index contributed by atoms with van der Waals surface area (Å²) >= 11 is 0. The van der Waals surface area contributed by atoms with E-state index in [9.17, 15) is 0 Å². The Kier molecular flexibility index (Phi) is 52.3. The van der Waals surface area contributed by atoms with E-state index >= 15 is 0 Å². The molecule has 0 aromatic heterocycles. The molecule has 0 aliphatic heterocycles. The molecule has 0 unspecified atom stereocenters. The van der Waals surface area contributed by atoms with Crippen molar-refractivity contribution in [2.75, 3.05) is 7.05 Å². The van der Waals surface area contributed by atoms with Crippen LogP contribution < -0.4 is 0 Å². The number of nitrogens with zero attached hydrogens (tertiary/aromatic N) is 1. The quantitative estimate of drug-likeness (QED) is 0.418. The predicted octanol–water partition coefficient (Wildman–Crippen LogP) is 1.38.